The van der Waals surface area contributed by atoms with Crippen LogP contribution in [-0.4, -0.2) is 10.4 Å². The molecule has 0 aromatic carbocycles. The molecule has 1 aromatic heterocycles. The first kappa shape index (κ1) is 19.2. The second-order valence-electron chi connectivity index (χ2n) is 5.54. The molecule has 126 valence electrons. The minimum Gasteiger partial charge on any atom is -0.341 e. The minimum absolute atomic E-state index is 0.157. The number of allylic oxidation sites excluding steroid dienone is 5. The third-order valence-electron chi connectivity index (χ3n) is 4.12. The zero-order valence-corrected chi connectivity index (χ0v) is 15.4. The highest BCUT2D eigenvalue weighted by Gasteiger charge is 2.26. The van der Waals surface area contributed by atoms with E-state index in [1.807, 2.05) is 45.9 Å². The lowest BCUT2D eigenvalue weighted by Gasteiger charge is -2.11. The van der Waals surface area contributed by atoms with Gasteiger partial charge in [0.2, 0.25) is 5.78 Å². The molecule has 1 atom stereocenters. The van der Waals surface area contributed by atoms with Crippen LogP contribution >= 0.6 is 0 Å². The Bertz CT molecular complexity index is 601. The molecule has 2 aliphatic rings. The fraction of sp³-hybridized carbons (Fsp3) is 0.476. The largest absolute Gasteiger partial charge is 0.341 e. The van der Waals surface area contributed by atoms with Gasteiger partial charge in [-0.2, -0.15) is 0 Å². The standard InChI is InChI=1S/C17H19NO.2C2H6/c1-12(2)14-10-15-8-9-16(18(15)11-14)17(19)13-6-4-3-5-7-13;2*1-2/h4,6-9,14H,1,3,5,10-11H2,2H3;2*1-2H3. The Balaban J connectivity index is 0.000000615. The molecular weight excluding hydrogens is 282 g/mol. The van der Waals surface area contributed by atoms with Crippen molar-refractivity contribution in [2.75, 3.05) is 0 Å². The van der Waals surface area contributed by atoms with Crippen molar-refractivity contribution in [3.8, 4) is 0 Å². The first-order chi connectivity index (χ1) is 11.2. The number of fused-ring (bicyclic) bond motifs is 1. The average molecular weight is 313 g/mol. The Morgan fingerprint density at radius 3 is 2.43 bits per heavy atom. The highest BCUT2D eigenvalue weighted by Crippen LogP contribution is 2.29. The Morgan fingerprint density at radius 2 is 1.87 bits per heavy atom. The molecule has 1 aliphatic heterocycles. The molecule has 0 spiro atoms. The summed E-state index contributed by atoms with van der Waals surface area (Å²) in [4.78, 5) is 12.5. The van der Waals surface area contributed by atoms with E-state index in [9.17, 15) is 4.79 Å². The fourth-order valence-electron chi connectivity index (χ4n) is 2.90. The van der Waals surface area contributed by atoms with Crippen molar-refractivity contribution in [1.82, 2.24) is 4.57 Å². The molecule has 3 rings (SSSR count). The van der Waals surface area contributed by atoms with Crippen LogP contribution in [0.15, 0.2) is 48.1 Å². The number of carbonyl (C=O) groups is 1. The summed E-state index contributed by atoms with van der Waals surface area (Å²) in [6.45, 7) is 15.0. The molecule has 0 radical (unpaired) electrons. The second-order valence-corrected chi connectivity index (χ2v) is 5.54. The predicted molar refractivity (Wildman–Crippen MR) is 99.9 cm³/mol. The van der Waals surface area contributed by atoms with Crippen molar-refractivity contribution in [2.45, 2.75) is 60.4 Å². The van der Waals surface area contributed by atoms with Crippen LogP contribution in [0.5, 0.6) is 0 Å². The van der Waals surface area contributed by atoms with Gasteiger partial charge in [-0.1, -0.05) is 58.1 Å². The van der Waals surface area contributed by atoms with Crippen LogP contribution in [0.3, 0.4) is 0 Å². The fourth-order valence-corrected chi connectivity index (χ4v) is 2.90. The number of rotatable bonds is 3. The van der Waals surface area contributed by atoms with E-state index < -0.39 is 0 Å². The Labute approximate surface area is 141 Å². The highest BCUT2D eigenvalue weighted by molar-refractivity contribution is 6.09. The van der Waals surface area contributed by atoms with E-state index in [4.69, 9.17) is 0 Å². The first-order valence-corrected chi connectivity index (χ1v) is 8.92. The lowest BCUT2D eigenvalue weighted by Crippen LogP contribution is -2.12. The lowest BCUT2D eigenvalue weighted by molar-refractivity contribution is 0.102. The van der Waals surface area contributed by atoms with Crippen LogP contribution in [0, 0.1) is 5.92 Å². The molecule has 0 fully saturated rings. The van der Waals surface area contributed by atoms with E-state index in [2.05, 4.69) is 30.2 Å². The van der Waals surface area contributed by atoms with Gasteiger partial charge in [-0.25, -0.2) is 0 Å². The van der Waals surface area contributed by atoms with Crippen LogP contribution in [0.1, 0.15) is 63.6 Å². The van der Waals surface area contributed by atoms with Gasteiger partial charge in [0.1, 0.15) is 0 Å². The van der Waals surface area contributed by atoms with E-state index in [-0.39, 0.29) is 5.78 Å². The molecule has 2 heterocycles. The highest BCUT2D eigenvalue weighted by atomic mass is 16.1. The van der Waals surface area contributed by atoms with Gasteiger partial charge < -0.3 is 4.57 Å². The topological polar surface area (TPSA) is 22.0 Å². The summed E-state index contributed by atoms with van der Waals surface area (Å²) in [7, 11) is 0. The Morgan fingerprint density at radius 1 is 1.17 bits per heavy atom. The Kier molecular flexibility index (Phi) is 7.80. The Hall–Kier alpha value is -1.83. The van der Waals surface area contributed by atoms with Crippen molar-refractivity contribution >= 4 is 5.78 Å². The molecule has 1 aromatic rings. The summed E-state index contributed by atoms with van der Waals surface area (Å²) in [5.74, 6) is 0.642. The average Bonchev–Trinajstić information content (AvgIpc) is 3.19. The molecule has 0 amide bonds. The van der Waals surface area contributed by atoms with Gasteiger partial charge in [-0.05, 0) is 38.3 Å². The van der Waals surface area contributed by atoms with Crippen molar-refractivity contribution in [1.29, 1.82) is 0 Å². The summed E-state index contributed by atoms with van der Waals surface area (Å²) in [5, 5.41) is 0. The number of aromatic nitrogens is 1. The van der Waals surface area contributed by atoms with Crippen LogP contribution in [0.4, 0.5) is 0 Å². The molecule has 23 heavy (non-hydrogen) atoms. The van der Waals surface area contributed by atoms with Gasteiger partial charge in [-0.15, -0.1) is 0 Å². The molecule has 0 bridgehead atoms. The number of hydrogen-bond acceptors (Lipinski definition) is 1. The summed E-state index contributed by atoms with van der Waals surface area (Å²) >= 11 is 0. The third kappa shape index (κ3) is 4.34. The molecule has 0 N–H and O–H groups in total. The third-order valence-corrected chi connectivity index (χ3v) is 4.12. The van der Waals surface area contributed by atoms with Crippen molar-refractivity contribution < 1.29 is 4.79 Å². The van der Waals surface area contributed by atoms with Gasteiger partial charge in [0.25, 0.3) is 0 Å². The van der Waals surface area contributed by atoms with E-state index in [0.717, 1.165) is 37.1 Å². The number of hydrogen-bond donors (Lipinski definition) is 0. The molecule has 0 saturated heterocycles. The molecule has 1 aliphatic carbocycles. The van der Waals surface area contributed by atoms with Crippen molar-refractivity contribution in [3.63, 3.8) is 0 Å². The number of ketones is 1. The number of Topliss-reactive ketones (excluding diaryl/α,β-unsaturated/α-hetero) is 1. The van der Waals surface area contributed by atoms with Crippen LogP contribution in [-0.2, 0) is 13.0 Å². The van der Waals surface area contributed by atoms with E-state index in [0.29, 0.717) is 5.92 Å². The zero-order valence-electron chi connectivity index (χ0n) is 15.4. The maximum atomic E-state index is 12.5. The molecule has 0 saturated carbocycles. The first-order valence-electron chi connectivity index (χ1n) is 8.92. The smallest absolute Gasteiger partial charge is 0.209 e. The zero-order chi connectivity index (χ0) is 17.4. The van der Waals surface area contributed by atoms with Gasteiger partial charge >= 0.3 is 0 Å². The van der Waals surface area contributed by atoms with Crippen LogP contribution in [0.25, 0.3) is 0 Å². The SMILES string of the molecule is C=C(C)C1Cc2ccc(C(=O)C3=CCCC=C3)n2C1.CC.CC. The van der Waals surface area contributed by atoms with E-state index >= 15 is 0 Å². The van der Waals surface area contributed by atoms with Crippen molar-refractivity contribution in [3.05, 3.63) is 59.5 Å². The quantitative estimate of drug-likeness (QED) is 0.514. The van der Waals surface area contributed by atoms with Crippen LogP contribution in [0.2, 0.25) is 0 Å². The molecule has 2 nitrogen and oxygen atoms in total. The summed E-state index contributed by atoms with van der Waals surface area (Å²) in [6, 6.07) is 4.05. The minimum atomic E-state index is 0.157. The van der Waals surface area contributed by atoms with Gasteiger partial charge in [0.15, 0.2) is 0 Å². The molecule has 1 unspecified atom stereocenters. The number of nitrogens with zero attached hydrogens (tertiary/aromatic N) is 1. The monoisotopic (exact) mass is 313 g/mol. The second kappa shape index (κ2) is 9.34. The van der Waals surface area contributed by atoms with E-state index in [1.165, 1.54) is 11.3 Å². The maximum absolute atomic E-state index is 12.5. The molecule has 2 heteroatoms. The molecular formula is C21H31NO. The van der Waals surface area contributed by atoms with E-state index in [1.54, 1.807) is 0 Å². The lowest BCUT2D eigenvalue weighted by atomic mass is 9.99. The van der Waals surface area contributed by atoms with Crippen LogP contribution < -0.4 is 0 Å². The van der Waals surface area contributed by atoms with Gasteiger partial charge in [0.05, 0.1) is 5.69 Å². The van der Waals surface area contributed by atoms with Gasteiger partial charge in [-0.3, -0.25) is 4.79 Å². The summed E-state index contributed by atoms with van der Waals surface area (Å²) in [6.07, 6.45) is 9.11. The number of carbonyl (C=O) groups excluding carboxylic acids is 1. The maximum Gasteiger partial charge on any atom is 0.209 e. The normalized spacial score (nSPS) is 18.0. The van der Waals surface area contributed by atoms with Gasteiger partial charge in [0, 0.05) is 23.7 Å². The summed E-state index contributed by atoms with van der Waals surface area (Å²) < 4.78 is 2.17. The van der Waals surface area contributed by atoms with Crippen molar-refractivity contribution in [2.24, 2.45) is 5.92 Å². The predicted octanol–water partition coefficient (Wildman–Crippen LogP) is 5.75. The summed E-state index contributed by atoms with van der Waals surface area (Å²) in [5.41, 5.74) is 4.14.